The van der Waals surface area contributed by atoms with Gasteiger partial charge in [-0.1, -0.05) is 0 Å². The van der Waals surface area contributed by atoms with Gasteiger partial charge < -0.3 is 4.89 Å². The first kappa shape index (κ1) is 10.5. The molecule has 0 saturated heterocycles. The second-order valence-corrected chi connectivity index (χ2v) is 4.36. The number of allylic oxidation sites excluding steroid dienone is 2. The second kappa shape index (κ2) is 5.22. The fraction of sp³-hybridized carbons (Fsp3) is 0.333. The fourth-order valence-corrected chi connectivity index (χ4v) is 1.45. The number of halogens is 2. The topological polar surface area (TPSA) is 37.3 Å². The molecule has 0 aromatic carbocycles. The maximum absolute atomic E-state index is 11.3. The van der Waals surface area contributed by atoms with Crippen LogP contribution in [-0.4, -0.2) is 17.2 Å². The Labute approximate surface area is 63.7 Å². The molecular formula is C6H9F2O2P. The van der Waals surface area contributed by atoms with Crippen molar-refractivity contribution in [3.63, 3.8) is 0 Å². The maximum Gasteiger partial charge on any atom is 0.208 e. The van der Waals surface area contributed by atoms with E-state index in [2.05, 4.69) is 0 Å². The SMILES string of the molecule is O=P(O)(CC=CF)CC=CF. The Kier molecular flexibility index (Phi) is 4.99. The molecule has 0 unspecified atom stereocenters. The third-order valence-corrected chi connectivity index (χ3v) is 2.52. The van der Waals surface area contributed by atoms with Crippen molar-refractivity contribution in [1.29, 1.82) is 0 Å². The molecule has 2 nitrogen and oxygen atoms in total. The van der Waals surface area contributed by atoms with Crippen LogP contribution in [0.1, 0.15) is 0 Å². The van der Waals surface area contributed by atoms with Gasteiger partial charge in [0, 0.05) is 12.3 Å². The Bertz CT molecular complexity index is 183. The van der Waals surface area contributed by atoms with Crippen LogP contribution in [-0.2, 0) is 4.57 Å². The van der Waals surface area contributed by atoms with Crippen molar-refractivity contribution in [2.24, 2.45) is 0 Å². The van der Waals surface area contributed by atoms with Gasteiger partial charge in [-0.15, -0.1) is 0 Å². The summed E-state index contributed by atoms with van der Waals surface area (Å²) in [5.41, 5.74) is 0. The molecule has 0 bridgehead atoms. The Hall–Kier alpha value is -0.470. The first-order valence-corrected chi connectivity index (χ1v) is 4.96. The summed E-state index contributed by atoms with van der Waals surface area (Å²) in [6, 6.07) is 0. The van der Waals surface area contributed by atoms with E-state index in [0.717, 1.165) is 12.2 Å². The molecular weight excluding hydrogens is 173 g/mol. The van der Waals surface area contributed by atoms with E-state index >= 15 is 0 Å². The standard InChI is InChI=1S/C6H9F2O2P/c7-3-1-5-11(9,10)6-2-4-8/h1-4H,5-6H2,(H,9,10). The van der Waals surface area contributed by atoms with Crippen molar-refractivity contribution >= 4 is 7.37 Å². The Morgan fingerprint density at radius 3 is 1.82 bits per heavy atom. The van der Waals surface area contributed by atoms with Crippen molar-refractivity contribution in [2.45, 2.75) is 0 Å². The molecule has 0 aromatic heterocycles. The molecule has 0 aromatic rings. The molecule has 0 amide bonds. The minimum atomic E-state index is -3.38. The predicted molar refractivity (Wildman–Crippen MR) is 40.1 cm³/mol. The van der Waals surface area contributed by atoms with Crippen LogP contribution >= 0.6 is 7.37 Å². The first-order chi connectivity index (χ1) is 5.12. The average molecular weight is 182 g/mol. The van der Waals surface area contributed by atoms with E-state index in [1.54, 1.807) is 0 Å². The van der Waals surface area contributed by atoms with Gasteiger partial charge in [-0.05, 0) is 12.2 Å². The Morgan fingerprint density at radius 2 is 1.55 bits per heavy atom. The van der Waals surface area contributed by atoms with Crippen LogP contribution < -0.4 is 0 Å². The highest BCUT2D eigenvalue weighted by Gasteiger charge is 2.13. The van der Waals surface area contributed by atoms with E-state index in [0.29, 0.717) is 0 Å². The summed E-state index contributed by atoms with van der Waals surface area (Å²) in [7, 11) is -3.38. The van der Waals surface area contributed by atoms with Gasteiger partial charge in [0.25, 0.3) is 0 Å². The highest BCUT2D eigenvalue weighted by Crippen LogP contribution is 2.40. The lowest BCUT2D eigenvalue weighted by molar-refractivity contribution is 0.484. The molecule has 0 spiro atoms. The van der Waals surface area contributed by atoms with Gasteiger partial charge in [0.2, 0.25) is 7.37 Å². The van der Waals surface area contributed by atoms with Crippen LogP contribution in [0.5, 0.6) is 0 Å². The predicted octanol–water partition coefficient (Wildman–Crippen LogP) is 2.22. The van der Waals surface area contributed by atoms with E-state index in [4.69, 9.17) is 4.89 Å². The largest absolute Gasteiger partial charge is 0.344 e. The average Bonchev–Trinajstić information content (AvgIpc) is 1.97. The smallest absolute Gasteiger partial charge is 0.208 e. The molecule has 0 heterocycles. The summed E-state index contributed by atoms with van der Waals surface area (Å²) in [4.78, 5) is 8.90. The van der Waals surface area contributed by atoms with E-state index in [1.165, 1.54) is 0 Å². The third kappa shape index (κ3) is 5.95. The third-order valence-electron chi connectivity index (χ3n) is 0.960. The van der Waals surface area contributed by atoms with Crippen LogP contribution in [0.3, 0.4) is 0 Å². The summed E-state index contributed by atoms with van der Waals surface area (Å²) >= 11 is 0. The molecule has 0 aliphatic heterocycles. The van der Waals surface area contributed by atoms with Gasteiger partial charge in [-0.25, -0.2) is 8.78 Å². The molecule has 0 atom stereocenters. The van der Waals surface area contributed by atoms with Gasteiger partial charge in [0.05, 0.1) is 12.7 Å². The van der Waals surface area contributed by atoms with Gasteiger partial charge in [0.1, 0.15) is 0 Å². The lowest BCUT2D eigenvalue weighted by Gasteiger charge is -2.03. The quantitative estimate of drug-likeness (QED) is 0.677. The van der Waals surface area contributed by atoms with Gasteiger partial charge in [-0.2, -0.15) is 0 Å². The summed E-state index contributed by atoms with van der Waals surface area (Å²) in [6.07, 6.45) is 1.76. The minimum Gasteiger partial charge on any atom is -0.344 e. The zero-order chi connectivity index (χ0) is 8.74. The van der Waals surface area contributed by atoms with Crippen molar-refractivity contribution in [3.8, 4) is 0 Å². The van der Waals surface area contributed by atoms with Crippen LogP contribution in [0.15, 0.2) is 24.8 Å². The molecule has 5 heteroatoms. The Balaban J connectivity index is 3.90. The lowest BCUT2D eigenvalue weighted by atomic mass is 10.7. The van der Waals surface area contributed by atoms with E-state index in [-0.39, 0.29) is 25.0 Å². The van der Waals surface area contributed by atoms with Gasteiger partial charge in [-0.3, -0.25) is 4.57 Å². The zero-order valence-electron chi connectivity index (χ0n) is 5.78. The van der Waals surface area contributed by atoms with Crippen molar-refractivity contribution < 1.29 is 18.2 Å². The first-order valence-electron chi connectivity index (χ1n) is 2.93. The van der Waals surface area contributed by atoms with Crippen LogP contribution in [0.4, 0.5) is 8.78 Å². The molecule has 0 fully saturated rings. The van der Waals surface area contributed by atoms with Crippen molar-refractivity contribution in [1.82, 2.24) is 0 Å². The molecule has 0 aliphatic rings. The molecule has 0 saturated carbocycles. The summed E-state index contributed by atoms with van der Waals surface area (Å²) in [5.74, 6) is 0. The van der Waals surface area contributed by atoms with Crippen LogP contribution in [0.2, 0.25) is 0 Å². The number of rotatable bonds is 4. The molecule has 0 rings (SSSR count). The molecule has 11 heavy (non-hydrogen) atoms. The molecule has 0 aliphatic carbocycles. The summed E-state index contributed by atoms with van der Waals surface area (Å²) in [6.45, 7) is 0. The zero-order valence-corrected chi connectivity index (χ0v) is 6.68. The van der Waals surface area contributed by atoms with E-state index in [1.807, 2.05) is 0 Å². The fourth-order valence-electron chi connectivity index (χ4n) is 0.484. The maximum atomic E-state index is 11.3. The van der Waals surface area contributed by atoms with E-state index < -0.39 is 7.37 Å². The normalized spacial score (nSPS) is 17.7. The summed E-state index contributed by atoms with van der Waals surface area (Å²) < 4.78 is 33.5. The van der Waals surface area contributed by atoms with Crippen LogP contribution in [0.25, 0.3) is 0 Å². The van der Waals surface area contributed by atoms with Crippen molar-refractivity contribution in [3.05, 3.63) is 24.8 Å². The highest BCUT2D eigenvalue weighted by molar-refractivity contribution is 7.58. The summed E-state index contributed by atoms with van der Waals surface area (Å²) in [5, 5.41) is 0. The van der Waals surface area contributed by atoms with Crippen molar-refractivity contribution in [2.75, 3.05) is 12.3 Å². The minimum absolute atomic E-state index is 0.196. The monoisotopic (exact) mass is 182 g/mol. The molecule has 1 N–H and O–H groups in total. The van der Waals surface area contributed by atoms with E-state index in [9.17, 15) is 13.3 Å². The number of hydrogen-bond acceptors (Lipinski definition) is 1. The van der Waals surface area contributed by atoms with Crippen LogP contribution in [0, 0.1) is 0 Å². The molecule has 0 radical (unpaired) electrons. The number of hydrogen-bond donors (Lipinski definition) is 1. The van der Waals surface area contributed by atoms with Gasteiger partial charge >= 0.3 is 0 Å². The highest BCUT2D eigenvalue weighted by atomic mass is 31.2. The lowest BCUT2D eigenvalue weighted by Crippen LogP contribution is -1.88. The second-order valence-electron chi connectivity index (χ2n) is 1.93. The Morgan fingerprint density at radius 1 is 1.18 bits per heavy atom. The van der Waals surface area contributed by atoms with Gasteiger partial charge in [0.15, 0.2) is 0 Å². The molecule has 64 valence electrons.